The van der Waals surface area contributed by atoms with Gasteiger partial charge < -0.3 is 0 Å². The van der Waals surface area contributed by atoms with Crippen LogP contribution in [0.15, 0.2) is 0 Å². The molecule has 0 saturated carbocycles. The van der Waals surface area contributed by atoms with Crippen molar-refractivity contribution >= 4 is 44.1 Å². The minimum absolute atomic E-state index is 0.0242. The fourth-order valence-electron chi connectivity index (χ4n) is 0.0292. The Balaban J connectivity index is 2.19. The van der Waals surface area contributed by atoms with Gasteiger partial charge in [-0.2, -0.15) is 0 Å². The third-order valence-electron chi connectivity index (χ3n) is 0.154. The molecule has 0 unspecified atom stereocenters. The van der Waals surface area contributed by atoms with Crippen LogP contribution in [-0.4, -0.2) is 28.8 Å². The second-order valence-corrected chi connectivity index (χ2v) is 5.76. The van der Waals surface area contributed by atoms with Gasteiger partial charge in [0, 0.05) is 0 Å². The first-order chi connectivity index (χ1) is 2.41. The Labute approximate surface area is 51.9 Å². The summed E-state index contributed by atoms with van der Waals surface area (Å²) >= 11 is 10.6. The molecule has 0 N–H and O–H groups in total. The van der Waals surface area contributed by atoms with E-state index in [1.54, 1.807) is 0 Å². The second kappa shape index (κ2) is 5.37. The summed E-state index contributed by atoms with van der Waals surface area (Å²) in [5.41, 5.74) is 0. The molecule has 0 aliphatic heterocycles. The molecule has 0 heterocycles. The molecule has 0 rings (SSSR count). The van der Waals surface area contributed by atoms with Gasteiger partial charge in [0.2, 0.25) is 0 Å². The van der Waals surface area contributed by atoms with Gasteiger partial charge in [0.25, 0.3) is 0 Å². The van der Waals surface area contributed by atoms with Crippen LogP contribution in [-0.2, 0) is 0 Å². The van der Waals surface area contributed by atoms with E-state index in [2.05, 4.69) is 0 Å². The molecule has 5 heavy (non-hydrogen) atoms. The zero-order valence-corrected chi connectivity index (χ0v) is 6.42. The Hall–Kier alpha value is 1.37. The predicted octanol–water partition coefficient (Wildman–Crippen LogP) is 1.08. The summed E-state index contributed by atoms with van der Waals surface area (Å²) in [4.78, 5) is 0. The number of hydrogen-bond acceptors (Lipinski definition) is 0. The quantitative estimate of drug-likeness (QED) is 0.488. The number of alkyl halides is 2. The van der Waals surface area contributed by atoms with E-state index in [4.69, 9.17) is 23.2 Å². The molecular weight excluding hydrogens is 223 g/mol. The van der Waals surface area contributed by atoms with Crippen molar-refractivity contribution < 1.29 is 0 Å². The Bertz CT molecular complexity index is 15.1. The summed E-state index contributed by atoms with van der Waals surface area (Å²) < 4.78 is 1.63. The third-order valence-corrected chi connectivity index (χ3v) is 3.11. The average Bonchev–Trinajstić information content (AvgIpc) is 1.41. The molecule has 0 aromatic rings. The van der Waals surface area contributed by atoms with E-state index in [1.807, 2.05) is 0 Å². The minimum atomic E-state index is 0.0242. The maximum atomic E-state index is 5.27. The van der Waals surface area contributed by atoms with E-state index in [0.717, 1.165) is 7.86 Å². The van der Waals surface area contributed by atoms with Crippen LogP contribution in [0.5, 0.6) is 0 Å². The van der Waals surface area contributed by atoms with Gasteiger partial charge in [-0.3, -0.25) is 0 Å². The molecular formula is C2H4Cl2Te. The van der Waals surface area contributed by atoms with Crippen molar-refractivity contribution in [3.8, 4) is 0 Å². The van der Waals surface area contributed by atoms with Crippen molar-refractivity contribution in [2.45, 2.75) is 0 Å². The number of hydrogen-bond donors (Lipinski definition) is 0. The van der Waals surface area contributed by atoms with E-state index in [-0.39, 0.29) is 20.9 Å². The van der Waals surface area contributed by atoms with Crippen molar-refractivity contribution in [2.75, 3.05) is 7.86 Å². The topological polar surface area (TPSA) is 0 Å². The first kappa shape index (κ1) is 6.37. The van der Waals surface area contributed by atoms with Gasteiger partial charge in [0.05, 0.1) is 0 Å². The van der Waals surface area contributed by atoms with Gasteiger partial charge in [-0.05, 0) is 0 Å². The molecule has 0 radical (unpaired) electrons. The van der Waals surface area contributed by atoms with Gasteiger partial charge in [0.15, 0.2) is 0 Å². The van der Waals surface area contributed by atoms with Crippen LogP contribution in [0, 0.1) is 0 Å². The van der Waals surface area contributed by atoms with Gasteiger partial charge in [0.1, 0.15) is 0 Å². The molecule has 0 aliphatic carbocycles. The Kier molecular flexibility index (Phi) is 6.84. The van der Waals surface area contributed by atoms with Crippen molar-refractivity contribution in [1.82, 2.24) is 0 Å². The standard InChI is InChI=1S/C2H4Cl2Te/c3-1-5-2-4/h1-2H2. The van der Waals surface area contributed by atoms with E-state index in [9.17, 15) is 0 Å². The van der Waals surface area contributed by atoms with Gasteiger partial charge in [-0.25, -0.2) is 0 Å². The summed E-state index contributed by atoms with van der Waals surface area (Å²) in [7, 11) is 0. The fourth-order valence-corrected chi connectivity index (χ4v) is 1.76. The van der Waals surface area contributed by atoms with Gasteiger partial charge in [-0.1, -0.05) is 0 Å². The molecule has 0 atom stereocenters. The van der Waals surface area contributed by atoms with Gasteiger partial charge in [-0.15, -0.1) is 0 Å². The van der Waals surface area contributed by atoms with E-state index in [0.29, 0.717) is 0 Å². The summed E-state index contributed by atoms with van der Waals surface area (Å²) in [5, 5.41) is 0. The second-order valence-electron chi connectivity index (χ2n) is 0.422. The molecule has 0 fully saturated rings. The molecule has 3 heteroatoms. The maximum absolute atomic E-state index is 5.27. The van der Waals surface area contributed by atoms with Crippen LogP contribution in [0.4, 0.5) is 0 Å². The normalized spacial score (nSPS) is 8.40. The summed E-state index contributed by atoms with van der Waals surface area (Å²) in [6.07, 6.45) is 0. The van der Waals surface area contributed by atoms with Crippen LogP contribution < -0.4 is 0 Å². The molecule has 0 aliphatic rings. The first-order valence-corrected chi connectivity index (χ1v) is 5.48. The molecule has 0 amide bonds. The Morgan fingerprint density at radius 3 is 1.60 bits per heavy atom. The third kappa shape index (κ3) is 5.37. The number of halogens is 2. The zero-order chi connectivity index (χ0) is 4.12. The van der Waals surface area contributed by atoms with Crippen LogP contribution in [0.1, 0.15) is 0 Å². The molecule has 0 spiro atoms. The van der Waals surface area contributed by atoms with Crippen LogP contribution in [0.2, 0.25) is 0 Å². The van der Waals surface area contributed by atoms with Crippen LogP contribution in [0.25, 0.3) is 0 Å². The molecule has 0 nitrogen and oxygen atoms in total. The van der Waals surface area contributed by atoms with E-state index in [1.165, 1.54) is 0 Å². The summed E-state index contributed by atoms with van der Waals surface area (Å²) in [6.45, 7) is 0. The van der Waals surface area contributed by atoms with E-state index < -0.39 is 0 Å². The van der Waals surface area contributed by atoms with Crippen molar-refractivity contribution in [2.24, 2.45) is 0 Å². The van der Waals surface area contributed by atoms with Crippen molar-refractivity contribution in [1.29, 1.82) is 0 Å². The fraction of sp³-hybridized carbons (Fsp3) is 1.00. The van der Waals surface area contributed by atoms with Crippen LogP contribution in [0.3, 0.4) is 0 Å². The molecule has 0 aromatic carbocycles. The van der Waals surface area contributed by atoms with Crippen LogP contribution >= 0.6 is 23.2 Å². The zero-order valence-electron chi connectivity index (χ0n) is 2.58. The average molecular weight is 227 g/mol. The van der Waals surface area contributed by atoms with Crippen molar-refractivity contribution in [3.05, 3.63) is 0 Å². The predicted molar refractivity (Wildman–Crippen MR) is 27.2 cm³/mol. The molecule has 32 valence electrons. The Morgan fingerprint density at radius 1 is 1.20 bits per heavy atom. The molecule has 0 bridgehead atoms. The monoisotopic (exact) mass is 228 g/mol. The van der Waals surface area contributed by atoms with E-state index >= 15 is 0 Å². The SMILES string of the molecule is ClC[Te]CCl. The van der Waals surface area contributed by atoms with Gasteiger partial charge >= 0.3 is 52.0 Å². The molecule has 0 aromatic heterocycles. The number of rotatable bonds is 2. The summed E-state index contributed by atoms with van der Waals surface area (Å²) in [6, 6.07) is 0. The Morgan fingerprint density at radius 2 is 1.60 bits per heavy atom. The van der Waals surface area contributed by atoms with Crippen molar-refractivity contribution in [3.63, 3.8) is 0 Å². The first-order valence-electron chi connectivity index (χ1n) is 1.11. The summed E-state index contributed by atoms with van der Waals surface area (Å²) in [5.74, 6) is 0. The molecule has 0 saturated heterocycles.